The van der Waals surface area contributed by atoms with Gasteiger partial charge in [-0.2, -0.15) is 0 Å². The summed E-state index contributed by atoms with van der Waals surface area (Å²) in [6, 6.07) is 0.724. The van der Waals surface area contributed by atoms with Crippen molar-refractivity contribution in [3.05, 3.63) is 17.2 Å². The number of aromatic amines is 1. The van der Waals surface area contributed by atoms with Crippen molar-refractivity contribution in [2.24, 2.45) is 0 Å². The van der Waals surface area contributed by atoms with Crippen LogP contribution in [-0.4, -0.2) is 23.1 Å². The molecule has 1 heterocycles. The van der Waals surface area contributed by atoms with Crippen molar-refractivity contribution >= 4 is 0 Å². The standard InChI is InChI=1S/C16H27N3/c1-11-15(12-5-3-4-6-12)19-16(18-11)13-7-9-14(17-2)10-8-13/h12-14,17H,3-10H2,1-2H3,(H,18,19). The van der Waals surface area contributed by atoms with Crippen molar-refractivity contribution in [1.29, 1.82) is 0 Å². The first-order chi connectivity index (χ1) is 9.28. The number of nitrogens with zero attached hydrogens (tertiary/aromatic N) is 1. The largest absolute Gasteiger partial charge is 0.346 e. The highest BCUT2D eigenvalue weighted by atomic mass is 15.0. The molecule has 3 nitrogen and oxygen atoms in total. The third kappa shape index (κ3) is 2.71. The van der Waals surface area contributed by atoms with Crippen molar-refractivity contribution in [2.45, 2.75) is 76.2 Å². The van der Waals surface area contributed by atoms with Crippen LogP contribution >= 0.6 is 0 Å². The number of hydrogen-bond donors (Lipinski definition) is 2. The first-order valence-corrected chi connectivity index (χ1v) is 8.01. The fraction of sp³-hybridized carbons (Fsp3) is 0.812. The number of hydrogen-bond acceptors (Lipinski definition) is 2. The lowest BCUT2D eigenvalue weighted by molar-refractivity contribution is 0.351. The maximum Gasteiger partial charge on any atom is 0.109 e. The first kappa shape index (κ1) is 13.2. The van der Waals surface area contributed by atoms with Gasteiger partial charge in [0.15, 0.2) is 0 Å². The molecule has 0 saturated heterocycles. The van der Waals surface area contributed by atoms with Crippen LogP contribution < -0.4 is 5.32 Å². The zero-order chi connectivity index (χ0) is 13.2. The molecule has 0 aromatic carbocycles. The number of rotatable bonds is 3. The Morgan fingerprint density at radius 1 is 1.00 bits per heavy atom. The summed E-state index contributed by atoms with van der Waals surface area (Å²) in [4.78, 5) is 8.58. The van der Waals surface area contributed by atoms with Gasteiger partial charge in [-0.05, 0) is 52.5 Å². The Hall–Kier alpha value is -0.830. The molecule has 106 valence electrons. The van der Waals surface area contributed by atoms with E-state index in [2.05, 4.69) is 24.3 Å². The van der Waals surface area contributed by atoms with E-state index in [1.54, 1.807) is 0 Å². The summed E-state index contributed by atoms with van der Waals surface area (Å²) in [7, 11) is 2.08. The van der Waals surface area contributed by atoms with Gasteiger partial charge in [-0.3, -0.25) is 0 Å². The van der Waals surface area contributed by atoms with Gasteiger partial charge in [-0.15, -0.1) is 0 Å². The zero-order valence-corrected chi connectivity index (χ0v) is 12.3. The second kappa shape index (κ2) is 5.66. The van der Waals surface area contributed by atoms with E-state index in [1.807, 2.05) is 0 Å². The van der Waals surface area contributed by atoms with Crippen molar-refractivity contribution < 1.29 is 0 Å². The molecule has 1 aromatic heterocycles. The van der Waals surface area contributed by atoms with Gasteiger partial charge in [0.1, 0.15) is 5.82 Å². The van der Waals surface area contributed by atoms with E-state index in [9.17, 15) is 0 Å². The van der Waals surface area contributed by atoms with Crippen LogP contribution in [0.3, 0.4) is 0 Å². The SMILES string of the molecule is CNC1CCC(c2nc(C3CCCC3)c(C)[nH]2)CC1. The quantitative estimate of drug-likeness (QED) is 0.872. The molecule has 0 radical (unpaired) electrons. The Morgan fingerprint density at radius 3 is 2.32 bits per heavy atom. The van der Waals surface area contributed by atoms with Gasteiger partial charge >= 0.3 is 0 Å². The van der Waals surface area contributed by atoms with E-state index in [-0.39, 0.29) is 0 Å². The lowest BCUT2D eigenvalue weighted by Crippen LogP contribution is -2.29. The molecule has 2 aliphatic carbocycles. The second-order valence-electron chi connectivity index (χ2n) is 6.45. The van der Waals surface area contributed by atoms with Gasteiger partial charge in [0, 0.05) is 23.6 Å². The molecule has 1 aromatic rings. The number of aromatic nitrogens is 2. The Labute approximate surface area is 116 Å². The van der Waals surface area contributed by atoms with Crippen LogP contribution in [0.15, 0.2) is 0 Å². The van der Waals surface area contributed by atoms with E-state index in [4.69, 9.17) is 4.98 Å². The molecule has 0 unspecified atom stereocenters. The summed E-state index contributed by atoms with van der Waals surface area (Å²) in [5, 5.41) is 3.41. The van der Waals surface area contributed by atoms with Crippen LogP contribution in [0.4, 0.5) is 0 Å². The topological polar surface area (TPSA) is 40.7 Å². The molecule has 0 amide bonds. The summed E-state index contributed by atoms with van der Waals surface area (Å²) in [6.45, 7) is 2.21. The summed E-state index contributed by atoms with van der Waals surface area (Å²) in [5.74, 6) is 2.67. The Morgan fingerprint density at radius 2 is 1.68 bits per heavy atom. The molecule has 3 rings (SSSR count). The Balaban J connectivity index is 1.70. The van der Waals surface area contributed by atoms with Crippen LogP contribution in [0.5, 0.6) is 0 Å². The predicted octanol–water partition coefficient (Wildman–Crippen LogP) is 3.62. The highest BCUT2D eigenvalue weighted by Gasteiger charge is 2.27. The molecule has 0 atom stereocenters. The monoisotopic (exact) mass is 261 g/mol. The van der Waals surface area contributed by atoms with Gasteiger partial charge < -0.3 is 10.3 Å². The minimum Gasteiger partial charge on any atom is -0.346 e. The lowest BCUT2D eigenvalue weighted by Gasteiger charge is -2.26. The Bertz CT molecular complexity index is 410. The van der Waals surface area contributed by atoms with Crippen LogP contribution in [0.1, 0.15) is 80.4 Å². The molecule has 2 fully saturated rings. The average molecular weight is 261 g/mol. The molecule has 2 saturated carbocycles. The molecule has 2 aliphatic rings. The second-order valence-corrected chi connectivity index (χ2v) is 6.45. The molecule has 3 heteroatoms. The molecule has 19 heavy (non-hydrogen) atoms. The molecular weight excluding hydrogens is 234 g/mol. The van der Waals surface area contributed by atoms with Crippen molar-refractivity contribution in [3.63, 3.8) is 0 Å². The number of nitrogens with one attached hydrogen (secondary N) is 2. The van der Waals surface area contributed by atoms with Gasteiger partial charge in [-0.1, -0.05) is 12.8 Å². The fourth-order valence-electron chi connectivity index (χ4n) is 3.94. The van der Waals surface area contributed by atoms with Crippen LogP contribution in [-0.2, 0) is 0 Å². The van der Waals surface area contributed by atoms with Crippen LogP contribution in [0.25, 0.3) is 0 Å². The summed E-state index contributed by atoms with van der Waals surface area (Å²) in [5.41, 5.74) is 2.71. The maximum atomic E-state index is 4.99. The fourth-order valence-corrected chi connectivity index (χ4v) is 3.94. The summed E-state index contributed by atoms with van der Waals surface area (Å²) < 4.78 is 0. The molecule has 0 aliphatic heterocycles. The average Bonchev–Trinajstić information content (AvgIpc) is 3.08. The van der Waals surface area contributed by atoms with Gasteiger partial charge in [0.05, 0.1) is 5.69 Å². The van der Waals surface area contributed by atoms with E-state index in [0.717, 1.165) is 12.0 Å². The molecule has 0 spiro atoms. The normalized spacial score (nSPS) is 28.9. The summed E-state index contributed by atoms with van der Waals surface area (Å²) >= 11 is 0. The van der Waals surface area contributed by atoms with Crippen molar-refractivity contribution in [2.75, 3.05) is 7.05 Å². The van der Waals surface area contributed by atoms with Crippen LogP contribution in [0.2, 0.25) is 0 Å². The van der Waals surface area contributed by atoms with Gasteiger partial charge in [0.25, 0.3) is 0 Å². The third-order valence-corrected chi connectivity index (χ3v) is 5.20. The minimum atomic E-state index is 0.665. The smallest absolute Gasteiger partial charge is 0.109 e. The number of H-pyrrole nitrogens is 1. The predicted molar refractivity (Wildman–Crippen MR) is 78.6 cm³/mol. The third-order valence-electron chi connectivity index (χ3n) is 5.20. The van der Waals surface area contributed by atoms with Gasteiger partial charge in [0.2, 0.25) is 0 Å². The van der Waals surface area contributed by atoms with Crippen LogP contribution in [0, 0.1) is 6.92 Å². The zero-order valence-electron chi connectivity index (χ0n) is 12.3. The van der Waals surface area contributed by atoms with Crippen molar-refractivity contribution in [1.82, 2.24) is 15.3 Å². The minimum absolute atomic E-state index is 0.665. The first-order valence-electron chi connectivity index (χ1n) is 8.01. The Kier molecular flexibility index (Phi) is 3.92. The molecule has 2 N–H and O–H groups in total. The highest BCUT2D eigenvalue weighted by molar-refractivity contribution is 5.20. The van der Waals surface area contributed by atoms with E-state index >= 15 is 0 Å². The summed E-state index contributed by atoms with van der Waals surface area (Å²) in [6.07, 6.45) is 10.6. The lowest BCUT2D eigenvalue weighted by atomic mass is 9.85. The highest BCUT2D eigenvalue weighted by Crippen LogP contribution is 2.37. The number of aryl methyl sites for hydroxylation is 1. The molecular formula is C16H27N3. The van der Waals surface area contributed by atoms with E-state index in [0.29, 0.717) is 5.92 Å². The van der Waals surface area contributed by atoms with Crippen molar-refractivity contribution in [3.8, 4) is 0 Å². The van der Waals surface area contributed by atoms with E-state index in [1.165, 1.54) is 68.6 Å². The molecule has 0 bridgehead atoms. The van der Waals surface area contributed by atoms with Gasteiger partial charge in [-0.25, -0.2) is 4.98 Å². The van der Waals surface area contributed by atoms with E-state index < -0.39 is 0 Å². The number of imidazole rings is 1. The maximum absolute atomic E-state index is 4.99.